The molecule has 0 unspecified atom stereocenters. The van der Waals surface area contributed by atoms with Gasteiger partial charge in [-0.1, -0.05) is 32.1 Å². The van der Waals surface area contributed by atoms with Crippen molar-refractivity contribution in [1.29, 1.82) is 0 Å². The standard InChI is InChI=1S/C16H29NO4S/c1-21-11-10-17(15-9-12-22(19,20)13-15)16(18)8-7-14-5-3-2-4-6-14/h14-15H,2-13H2,1H3/t15-/m1/s1. The molecule has 0 spiro atoms. The number of ether oxygens (including phenoxy) is 1. The summed E-state index contributed by atoms with van der Waals surface area (Å²) in [6.07, 6.45) is 8.44. The first-order valence-electron chi connectivity index (χ1n) is 8.50. The lowest BCUT2D eigenvalue weighted by Crippen LogP contribution is -2.43. The smallest absolute Gasteiger partial charge is 0.222 e. The summed E-state index contributed by atoms with van der Waals surface area (Å²) in [4.78, 5) is 14.3. The number of methoxy groups -OCH3 is 1. The van der Waals surface area contributed by atoms with Crippen LogP contribution in [0.1, 0.15) is 51.4 Å². The summed E-state index contributed by atoms with van der Waals surface area (Å²) < 4.78 is 28.4. The van der Waals surface area contributed by atoms with Crippen molar-refractivity contribution >= 4 is 15.7 Å². The molecule has 1 atom stereocenters. The molecule has 128 valence electrons. The molecule has 0 N–H and O–H groups in total. The van der Waals surface area contributed by atoms with Crippen LogP contribution < -0.4 is 0 Å². The second-order valence-electron chi connectivity index (χ2n) is 6.68. The van der Waals surface area contributed by atoms with Gasteiger partial charge in [-0.3, -0.25) is 4.79 Å². The fourth-order valence-corrected chi connectivity index (χ4v) is 5.40. The Bertz CT molecular complexity index is 457. The molecular weight excluding hydrogens is 302 g/mol. The first-order chi connectivity index (χ1) is 10.5. The molecule has 1 heterocycles. The lowest BCUT2D eigenvalue weighted by Gasteiger charge is -2.29. The van der Waals surface area contributed by atoms with Gasteiger partial charge in [0.1, 0.15) is 0 Å². The minimum Gasteiger partial charge on any atom is -0.383 e. The third kappa shape index (κ3) is 5.23. The van der Waals surface area contributed by atoms with Crippen LogP contribution in [0.3, 0.4) is 0 Å². The van der Waals surface area contributed by atoms with E-state index in [0.29, 0.717) is 31.9 Å². The molecule has 1 saturated carbocycles. The molecule has 1 aliphatic carbocycles. The van der Waals surface area contributed by atoms with E-state index in [9.17, 15) is 13.2 Å². The summed E-state index contributed by atoms with van der Waals surface area (Å²) in [6.45, 7) is 0.964. The van der Waals surface area contributed by atoms with Crippen LogP contribution in [-0.2, 0) is 19.4 Å². The minimum atomic E-state index is -2.97. The highest BCUT2D eigenvalue weighted by atomic mass is 32.2. The van der Waals surface area contributed by atoms with E-state index in [1.54, 1.807) is 12.0 Å². The quantitative estimate of drug-likeness (QED) is 0.716. The van der Waals surface area contributed by atoms with Gasteiger partial charge in [0.25, 0.3) is 0 Å². The van der Waals surface area contributed by atoms with E-state index in [2.05, 4.69) is 0 Å². The first kappa shape index (κ1) is 17.7. The second kappa shape index (κ2) is 8.29. The molecule has 1 aliphatic heterocycles. The predicted molar refractivity (Wildman–Crippen MR) is 86.5 cm³/mol. The van der Waals surface area contributed by atoms with Crippen molar-refractivity contribution in [3.05, 3.63) is 0 Å². The van der Waals surface area contributed by atoms with Crippen molar-refractivity contribution in [2.24, 2.45) is 5.92 Å². The monoisotopic (exact) mass is 331 g/mol. The Kier molecular flexibility index (Phi) is 6.68. The van der Waals surface area contributed by atoms with Crippen molar-refractivity contribution in [3.63, 3.8) is 0 Å². The fourth-order valence-electron chi connectivity index (χ4n) is 3.67. The summed E-state index contributed by atoms with van der Waals surface area (Å²) in [7, 11) is -1.36. The SMILES string of the molecule is COCCN(C(=O)CCC1CCCCC1)[C@@H]1CCS(=O)(=O)C1. The molecule has 6 heteroatoms. The molecule has 0 aromatic heterocycles. The summed E-state index contributed by atoms with van der Waals surface area (Å²) in [5, 5.41) is 0. The van der Waals surface area contributed by atoms with Crippen LogP contribution in [0.15, 0.2) is 0 Å². The zero-order valence-corrected chi connectivity index (χ0v) is 14.4. The van der Waals surface area contributed by atoms with E-state index < -0.39 is 9.84 Å². The Morgan fingerprint density at radius 1 is 1.18 bits per heavy atom. The highest BCUT2D eigenvalue weighted by Crippen LogP contribution is 2.28. The van der Waals surface area contributed by atoms with E-state index in [-0.39, 0.29) is 23.5 Å². The summed E-state index contributed by atoms with van der Waals surface area (Å²) in [5.74, 6) is 1.10. The van der Waals surface area contributed by atoms with Crippen LogP contribution in [0.25, 0.3) is 0 Å². The van der Waals surface area contributed by atoms with Crippen LogP contribution in [0.2, 0.25) is 0 Å². The van der Waals surface area contributed by atoms with Crippen LogP contribution in [-0.4, -0.2) is 57.0 Å². The van der Waals surface area contributed by atoms with Crippen molar-refractivity contribution < 1.29 is 17.9 Å². The largest absolute Gasteiger partial charge is 0.383 e. The molecule has 0 aromatic rings. The maximum Gasteiger partial charge on any atom is 0.222 e. The van der Waals surface area contributed by atoms with Gasteiger partial charge in [-0.2, -0.15) is 0 Å². The lowest BCUT2D eigenvalue weighted by molar-refractivity contribution is -0.134. The number of nitrogens with zero attached hydrogens (tertiary/aromatic N) is 1. The normalized spacial score (nSPS) is 25.2. The molecule has 2 fully saturated rings. The Balaban J connectivity index is 1.88. The third-order valence-electron chi connectivity index (χ3n) is 5.00. The van der Waals surface area contributed by atoms with Crippen LogP contribution in [0.5, 0.6) is 0 Å². The van der Waals surface area contributed by atoms with Crippen LogP contribution in [0, 0.1) is 5.92 Å². The number of carbonyl (C=O) groups excluding carboxylic acids is 1. The lowest BCUT2D eigenvalue weighted by atomic mass is 9.86. The third-order valence-corrected chi connectivity index (χ3v) is 6.75. The minimum absolute atomic E-state index is 0.102. The average molecular weight is 331 g/mol. The molecule has 1 amide bonds. The van der Waals surface area contributed by atoms with Crippen molar-refractivity contribution in [1.82, 2.24) is 4.90 Å². The highest BCUT2D eigenvalue weighted by Gasteiger charge is 2.34. The summed E-state index contributed by atoms with van der Waals surface area (Å²) in [5.41, 5.74) is 0. The first-order valence-corrected chi connectivity index (χ1v) is 10.3. The maximum atomic E-state index is 12.6. The highest BCUT2D eigenvalue weighted by molar-refractivity contribution is 7.91. The zero-order chi connectivity index (χ0) is 16.0. The predicted octanol–water partition coefficient (Wildman–Crippen LogP) is 2.01. The van der Waals surface area contributed by atoms with E-state index >= 15 is 0 Å². The van der Waals surface area contributed by atoms with E-state index in [4.69, 9.17) is 4.74 Å². The van der Waals surface area contributed by atoms with E-state index in [0.717, 1.165) is 6.42 Å². The Morgan fingerprint density at radius 3 is 2.50 bits per heavy atom. The molecule has 22 heavy (non-hydrogen) atoms. The van der Waals surface area contributed by atoms with Crippen molar-refractivity contribution in [2.75, 3.05) is 31.8 Å². The molecule has 5 nitrogen and oxygen atoms in total. The number of rotatable bonds is 7. The van der Waals surface area contributed by atoms with Gasteiger partial charge in [0.15, 0.2) is 9.84 Å². The molecule has 0 aromatic carbocycles. The van der Waals surface area contributed by atoms with Gasteiger partial charge in [-0.15, -0.1) is 0 Å². The van der Waals surface area contributed by atoms with Gasteiger partial charge in [0.2, 0.25) is 5.91 Å². The number of hydrogen-bond donors (Lipinski definition) is 0. The zero-order valence-electron chi connectivity index (χ0n) is 13.6. The molecule has 2 rings (SSSR count). The van der Waals surface area contributed by atoms with Crippen LogP contribution in [0.4, 0.5) is 0 Å². The number of amides is 1. The van der Waals surface area contributed by atoms with Gasteiger partial charge < -0.3 is 9.64 Å². The van der Waals surface area contributed by atoms with E-state index in [1.807, 2.05) is 0 Å². The summed E-state index contributed by atoms with van der Waals surface area (Å²) >= 11 is 0. The Morgan fingerprint density at radius 2 is 1.91 bits per heavy atom. The van der Waals surface area contributed by atoms with Crippen molar-refractivity contribution in [2.45, 2.75) is 57.4 Å². The molecule has 0 radical (unpaired) electrons. The molecule has 1 saturated heterocycles. The molecule has 0 bridgehead atoms. The number of sulfone groups is 1. The number of hydrogen-bond acceptors (Lipinski definition) is 4. The topological polar surface area (TPSA) is 63.7 Å². The second-order valence-corrected chi connectivity index (χ2v) is 8.91. The van der Waals surface area contributed by atoms with E-state index in [1.165, 1.54) is 32.1 Å². The van der Waals surface area contributed by atoms with Gasteiger partial charge in [-0.25, -0.2) is 8.42 Å². The van der Waals surface area contributed by atoms with Gasteiger partial charge >= 0.3 is 0 Å². The van der Waals surface area contributed by atoms with Gasteiger partial charge in [0, 0.05) is 26.1 Å². The molecular formula is C16H29NO4S. The van der Waals surface area contributed by atoms with Gasteiger partial charge in [0.05, 0.1) is 18.1 Å². The Hall–Kier alpha value is -0.620. The fraction of sp³-hybridized carbons (Fsp3) is 0.938. The Labute approximate surface area is 134 Å². The molecule has 2 aliphatic rings. The van der Waals surface area contributed by atoms with Crippen LogP contribution >= 0.6 is 0 Å². The average Bonchev–Trinajstić information content (AvgIpc) is 2.86. The van der Waals surface area contributed by atoms with Gasteiger partial charge in [-0.05, 0) is 18.8 Å². The van der Waals surface area contributed by atoms with Crippen molar-refractivity contribution in [3.8, 4) is 0 Å². The number of carbonyl (C=O) groups is 1. The maximum absolute atomic E-state index is 12.6. The summed E-state index contributed by atoms with van der Waals surface area (Å²) in [6, 6.07) is -0.154.